The molecule has 1 aromatic carbocycles. The fourth-order valence-electron chi connectivity index (χ4n) is 2.43. The molecular formula is C24H31N3O. The minimum Gasteiger partial charge on any atom is -0.309 e. The van der Waals surface area contributed by atoms with Gasteiger partial charge in [-0.25, -0.2) is 4.99 Å². The lowest BCUT2D eigenvalue weighted by Gasteiger charge is -2.19. The first kappa shape index (κ1) is 23.1. The van der Waals surface area contributed by atoms with Gasteiger partial charge in [-0.1, -0.05) is 67.3 Å². The van der Waals surface area contributed by atoms with Gasteiger partial charge in [-0.05, 0) is 50.5 Å². The summed E-state index contributed by atoms with van der Waals surface area (Å²) < 4.78 is 0. The van der Waals surface area contributed by atoms with E-state index < -0.39 is 6.04 Å². The van der Waals surface area contributed by atoms with Crippen LogP contribution in [-0.2, 0) is 11.2 Å². The van der Waals surface area contributed by atoms with Gasteiger partial charge in [0.1, 0.15) is 11.9 Å². The number of nitrogens with one attached hydrogen (secondary N) is 2. The molecule has 0 unspecified atom stereocenters. The SMILES string of the molecule is C=C/C=C\C=C(/C)[C@@H](NCCc1ccccc1)C(=O)NC(=C/C)/N=C\C=C/C. The monoisotopic (exact) mass is 377 g/mol. The van der Waals surface area contributed by atoms with Crippen molar-refractivity contribution in [3.05, 3.63) is 96.4 Å². The fourth-order valence-corrected chi connectivity index (χ4v) is 2.43. The van der Waals surface area contributed by atoms with Crippen molar-refractivity contribution < 1.29 is 4.79 Å². The molecule has 0 aromatic heterocycles. The predicted octanol–water partition coefficient (Wildman–Crippen LogP) is 4.50. The van der Waals surface area contributed by atoms with Crippen molar-refractivity contribution in [2.75, 3.05) is 6.54 Å². The minimum absolute atomic E-state index is 0.139. The van der Waals surface area contributed by atoms with Crippen LogP contribution in [0.5, 0.6) is 0 Å². The predicted molar refractivity (Wildman–Crippen MR) is 120 cm³/mol. The summed E-state index contributed by atoms with van der Waals surface area (Å²) in [5, 5.41) is 6.25. The van der Waals surface area contributed by atoms with Gasteiger partial charge in [-0.15, -0.1) is 0 Å². The van der Waals surface area contributed by atoms with Gasteiger partial charge in [0.25, 0.3) is 0 Å². The molecule has 1 amide bonds. The smallest absolute Gasteiger partial charge is 0.246 e. The van der Waals surface area contributed by atoms with E-state index in [2.05, 4.69) is 34.3 Å². The highest BCUT2D eigenvalue weighted by Gasteiger charge is 2.20. The van der Waals surface area contributed by atoms with Crippen LogP contribution in [0.2, 0.25) is 0 Å². The fraction of sp³-hybridized carbons (Fsp3) is 0.250. The number of aliphatic imine (C=N–C) groups is 1. The number of nitrogens with zero attached hydrogens (tertiary/aromatic N) is 1. The quantitative estimate of drug-likeness (QED) is 0.441. The third-order valence-electron chi connectivity index (χ3n) is 3.95. The molecule has 1 atom stereocenters. The summed E-state index contributed by atoms with van der Waals surface area (Å²) in [6, 6.07) is 9.75. The highest BCUT2D eigenvalue weighted by molar-refractivity contribution is 5.86. The maximum Gasteiger partial charge on any atom is 0.246 e. The Labute approximate surface area is 169 Å². The summed E-state index contributed by atoms with van der Waals surface area (Å²) in [4.78, 5) is 17.1. The molecule has 0 aliphatic rings. The lowest BCUT2D eigenvalue weighted by Crippen LogP contribution is -2.45. The zero-order valence-electron chi connectivity index (χ0n) is 17.1. The van der Waals surface area contributed by atoms with E-state index in [1.807, 2.05) is 69.4 Å². The molecule has 0 heterocycles. The highest BCUT2D eigenvalue weighted by atomic mass is 16.2. The number of allylic oxidation sites excluding steroid dienone is 7. The van der Waals surface area contributed by atoms with Crippen LogP contribution < -0.4 is 10.6 Å². The van der Waals surface area contributed by atoms with E-state index >= 15 is 0 Å². The van der Waals surface area contributed by atoms with Crippen molar-refractivity contribution in [3.8, 4) is 0 Å². The van der Waals surface area contributed by atoms with E-state index in [0.29, 0.717) is 12.4 Å². The molecule has 2 N–H and O–H groups in total. The summed E-state index contributed by atoms with van der Waals surface area (Å²) >= 11 is 0. The lowest BCUT2D eigenvalue weighted by atomic mass is 10.1. The molecular weight excluding hydrogens is 346 g/mol. The van der Waals surface area contributed by atoms with Crippen molar-refractivity contribution >= 4 is 12.1 Å². The van der Waals surface area contributed by atoms with E-state index in [1.165, 1.54) is 5.56 Å². The third kappa shape index (κ3) is 9.10. The van der Waals surface area contributed by atoms with Gasteiger partial charge in [-0.2, -0.15) is 0 Å². The molecule has 0 aliphatic carbocycles. The van der Waals surface area contributed by atoms with Gasteiger partial charge in [-0.3, -0.25) is 4.79 Å². The minimum atomic E-state index is -0.454. The van der Waals surface area contributed by atoms with Crippen LogP contribution in [0.4, 0.5) is 0 Å². The normalized spacial score (nSPS) is 14.1. The Kier molecular flexibility index (Phi) is 11.6. The topological polar surface area (TPSA) is 53.5 Å². The summed E-state index contributed by atoms with van der Waals surface area (Å²) in [7, 11) is 0. The van der Waals surface area contributed by atoms with E-state index in [0.717, 1.165) is 12.0 Å². The van der Waals surface area contributed by atoms with E-state index in [1.54, 1.807) is 18.4 Å². The van der Waals surface area contributed by atoms with Crippen molar-refractivity contribution in [2.24, 2.45) is 4.99 Å². The maximum absolute atomic E-state index is 12.9. The van der Waals surface area contributed by atoms with Gasteiger partial charge in [0.15, 0.2) is 0 Å². The molecule has 0 bridgehead atoms. The second-order valence-electron chi connectivity index (χ2n) is 6.12. The molecule has 1 aromatic rings. The first-order chi connectivity index (χ1) is 13.6. The summed E-state index contributed by atoms with van der Waals surface area (Å²) in [5.74, 6) is 0.381. The Morgan fingerprint density at radius 3 is 2.57 bits per heavy atom. The van der Waals surface area contributed by atoms with Crippen LogP contribution in [-0.4, -0.2) is 24.7 Å². The average Bonchev–Trinajstić information content (AvgIpc) is 2.71. The lowest BCUT2D eigenvalue weighted by molar-refractivity contribution is -0.121. The molecule has 0 radical (unpaired) electrons. The molecule has 1 rings (SSSR count). The number of carbonyl (C=O) groups is 1. The Balaban J connectivity index is 2.85. The van der Waals surface area contributed by atoms with Gasteiger partial charge in [0.05, 0.1) is 0 Å². The largest absolute Gasteiger partial charge is 0.309 e. The Hall–Kier alpha value is -2.98. The molecule has 0 saturated carbocycles. The van der Waals surface area contributed by atoms with Crippen LogP contribution >= 0.6 is 0 Å². The number of benzene rings is 1. The number of hydrogen-bond donors (Lipinski definition) is 2. The Morgan fingerprint density at radius 1 is 1.18 bits per heavy atom. The first-order valence-corrected chi connectivity index (χ1v) is 9.48. The second-order valence-corrected chi connectivity index (χ2v) is 6.12. The van der Waals surface area contributed by atoms with Crippen LogP contribution in [0.25, 0.3) is 0 Å². The van der Waals surface area contributed by atoms with E-state index in [9.17, 15) is 4.79 Å². The molecule has 0 aliphatic heterocycles. The van der Waals surface area contributed by atoms with Gasteiger partial charge in [0, 0.05) is 12.8 Å². The molecule has 0 spiro atoms. The summed E-state index contributed by atoms with van der Waals surface area (Å²) in [6.07, 6.45) is 15.3. The Bertz CT molecular complexity index is 755. The molecule has 28 heavy (non-hydrogen) atoms. The van der Waals surface area contributed by atoms with Gasteiger partial charge < -0.3 is 10.6 Å². The maximum atomic E-state index is 12.9. The van der Waals surface area contributed by atoms with Crippen LogP contribution in [0.1, 0.15) is 26.3 Å². The molecule has 0 fully saturated rings. The van der Waals surface area contributed by atoms with Crippen molar-refractivity contribution in [2.45, 2.75) is 33.2 Å². The third-order valence-corrected chi connectivity index (χ3v) is 3.95. The zero-order chi connectivity index (χ0) is 20.6. The number of hydrogen-bond acceptors (Lipinski definition) is 3. The number of rotatable bonds is 11. The number of carbonyl (C=O) groups excluding carboxylic acids is 1. The van der Waals surface area contributed by atoms with Crippen LogP contribution in [0.15, 0.2) is 95.8 Å². The van der Waals surface area contributed by atoms with E-state index in [-0.39, 0.29) is 5.91 Å². The Morgan fingerprint density at radius 2 is 1.93 bits per heavy atom. The van der Waals surface area contributed by atoms with Crippen molar-refractivity contribution in [3.63, 3.8) is 0 Å². The average molecular weight is 378 g/mol. The van der Waals surface area contributed by atoms with Crippen molar-refractivity contribution in [1.29, 1.82) is 0 Å². The summed E-state index contributed by atoms with van der Waals surface area (Å²) in [5.41, 5.74) is 2.14. The number of amides is 1. The first-order valence-electron chi connectivity index (χ1n) is 9.48. The van der Waals surface area contributed by atoms with Gasteiger partial charge >= 0.3 is 0 Å². The highest BCUT2D eigenvalue weighted by Crippen LogP contribution is 2.06. The van der Waals surface area contributed by atoms with Crippen molar-refractivity contribution in [1.82, 2.24) is 10.6 Å². The molecule has 4 nitrogen and oxygen atoms in total. The van der Waals surface area contributed by atoms with Crippen LogP contribution in [0, 0.1) is 0 Å². The molecule has 4 heteroatoms. The second kappa shape index (κ2) is 14.1. The molecule has 148 valence electrons. The van der Waals surface area contributed by atoms with Gasteiger partial charge in [0.2, 0.25) is 5.91 Å². The van der Waals surface area contributed by atoms with E-state index in [4.69, 9.17) is 0 Å². The summed E-state index contributed by atoms with van der Waals surface area (Å²) in [6.45, 7) is 10.0. The standard InChI is InChI=1S/C24H31N3O/c1-5-8-11-14-20(4)23(26-19-17-21-15-12-10-13-16-21)24(28)27-22(7-3)25-18-9-6-2/h5-16,18,23,26H,1,17,19H2,2-4H3,(H,27,28)/b9-6-,11-8-,20-14+,22-7+,25-18-/t23-/m1/s1. The zero-order valence-corrected chi connectivity index (χ0v) is 17.1. The van der Waals surface area contributed by atoms with Crippen LogP contribution in [0.3, 0.4) is 0 Å². The molecule has 0 saturated heterocycles.